The molecule has 0 radical (unpaired) electrons. The maximum atomic E-state index is 11.3. The lowest BCUT2D eigenvalue weighted by Gasteiger charge is -2.07. The number of hydrogen-bond donors (Lipinski definition) is 2. The molecule has 6 heteroatoms. The number of ether oxygens (including phenoxy) is 1. The zero-order chi connectivity index (χ0) is 13.9. The van der Waals surface area contributed by atoms with Crippen LogP contribution in [0.2, 0.25) is 0 Å². The van der Waals surface area contributed by atoms with E-state index >= 15 is 0 Å². The molecular formula is C13H17BrN2O3. The number of carbonyl (C=O) groups excluding carboxylic acids is 2. The number of carbonyl (C=O) groups is 2. The number of amides is 2. The third kappa shape index (κ3) is 7.46. The van der Waals surface area contributed by atoms with Crippen molar-refractivity contribution in [2.24, 2.45) is 0 Å². The molecule has 0 aliphatic carbocycles. The van der Waals surface area contributed by atoms with Gasteiger partial charge in [0, 0.05) is 24.8 Å². The zero-order valence-electron chi connectivity index (χ0n) is 10.5. The van der Waals surface area contributed by atoms with Crippen molar-refractivity contribution >= 4 is 27.9 Å². The predicted octanol–water partition coefficient (Wildman–Crippen LogP) is 1.81. The highest BCUT2D eigenvalue weighted by atomic mass is 79.9. The van der Waals surface area contributed by atoms with Crippen molar-refractivity contribution in [1.29, 1.82) is 0 Å². The average molecular weight is 329 g/mol. The fourth-order valence-corrected chi connectivity index (χ4v) is 1.53. The minimum absolute atomic E-state index is 0.0946. The van der Waals surface area contributed by atoms with Gasteiger partial charge in [-0.1, -0.05) is 46.3 Å². The van der Waals surface area contributed by atoms with Crippen molar-refractivity contribution in [3.8, 4) is 0 Å². The van der Waals surface area contributed by atoms with Gasteiger partial charge in [0.2, 0.25) is 5.91 Å². The van der Waals surface area contributed by atoms with E-state index in [4.69, 9.17) is 4.74 Å². The second-order valence-corrected chi connectivity index (χ2v) is 4.57. The Bertz CT molecular complexity index is 398. The van der Waals surface area contributed by atoms with Crippen LogP contribution in [0.1, 0.15) is 12.0 Å². The number of alkyl halides is 1. The van der Waals surface area contributed by atoms with Crippen LogP contribution in [0.5, 0.6) is 0 Å². The van der Waals surface area contributed by atoms with E-state index in [-0.39, 0.29) is 25.5 Å². The maximum absolute atomic E-state index is 11.3. The van der Waals surface area contributed by atoms with E-state index in [0.717, 1.165) is 5.56 Å². The van der Waals surface area contributed by atoms with E-state index in [1.54, 1.807) is 0 Å². The van der Waals surface area contributed by atoms with Gasteiger partial charge in [-0.05, 0) is 5.56 Å². The molecular weight excluding hydrogens is 312 g/mol. The van der Waals surface area contributed by atoms with E-state index < -0.39 is 6.09 Å². The van der Waals surface area contributed by atoms with Crippen molar-refractivity contribution in [3.63, 3.8) is 0 Å². The summed E-state index contributed by atoms with van der Waals surface area (Å²) >= 11 is 3.21. The van der Waals surface area contributed by atoms with Crippen molar-refractivity contribution in [1.82, 2.24) is 10.6 Å². The molecule has 0 aliphatic rings. The van der Waals surface area contributed by atoms with Gasteiger partial charge in [0.05, 0.1) is 0 Å². The van der Waals surface area contributed by atoms with Gasteiger partial charge >= 0.3 is 6.09 Å². The average Bonchev–Trinajstić information content (AvgIpc) is 2.44. The van der Waals surface area contributed by atoms with Crippen molar-refractivity contribution in [2.45, 2.75) is 13.0 Å². The number of benzene rings is 1. The Morgan fingerprint density at radius 1 is 1.11 bits per heavy atom. The Hall–Kier alpha value is -1.56. The molecule has 19 heavy (non-hydrogen) atoms. The third-order valence-corrected chi connectivity index (χ3v) is 2.65. The monoisotopic (exact) mass is 328 g/mol. The number of alkyl carbamates (subject to hydrolysis) is 1. The molecule has 1 rings (SSSR count). The Morgan fingerprint density at radius 2 is 1.84 bits per heavy atom. The first-order valence-corrected chi connectivity index (χ1v) is 7.11. The molecule has 2 N–H and O–H groups in total. The molecule has 0 heterocycles. The van der Waals surface area contributed by atoms with Gasteiger partial charge in [-0.2, -0.15) is 0 Å². The van der Waals surface area contributed by atoms with Gasteiger partial charge in [0.25, 0.3) is 0 Å². The van der Waals surface area contributed by atoms with Crippen LogP contribution in [0, 0.1) is 0 Å². The first-order chi connectivity index (χ1) is 9.22. The van der Waals surface area contributed by atoms with Crippen LogP contribution in [0.3, 0.4) is 0 Å². The maximum Gasteiger partial charge on any atom is 0.407 e. The lowest BCUT2D eigenvalue weighted by Crippen LogP contribution is -2.31. The molecule has 1 aromatic carbocycles. The molecule has 104 valence electrons. The van der Waals surface area contributed by atoms with Gasteiger partial charge in [-0.15, -0.1) is 0 Å². The van der Waals surface area contributed by atoms with Crippen molar-refractivity contribution in [3.05, 3.63) is 35.9 Å². The van der Waals surface area contributed by atoms with Crippen LogP contribution >= 0.6 is 15.9 Å². The first-order valence-electron chi connectivity index (χ1n) is 5.99. The smallest absolute Gasteiger partial charge is 0.407 e. The number of rotatable bonds is 7. The van der Waals surface area contributed by atoms with Crippen molar-refractivity contribution < 1.29 is 14.3 Å². The van der Waals surface area contributed by atoms with Crippen LogP contribution in [0.25, 0.3) is 0 Å². The summed E-state index contributed by atoms with van der Waals surface area (Å²) in [6.07, 6.45) is -0.273. The standard InChI is InChI=1S/C13H17BrN2O3/c14-7-9-15-12(17)6-8-16-13(18)19-10-11-4-2-1-3-5-11/h1-5H,6-10H2,(H,15,17)(H,16,18). The van der Waals surface area contributed by atoms with Crippen LogP contribution in [-0.4, -0.2) is 30.4 Å². The fraction of sp³-hybridized carbons (Fsp3) is 0.385. The largest absolute Gasteiger partial charge is 0.445 e. The summed E-state index contributed by atoms with van der Waals surface area (Å²) in [4.78, 5) is 22.6. The number of halogens is 1. The third-order valence-electron chi connectivity index (χ3n) is 2.25. The van der Waals surface area contributed by atoms with Gasteiger partial charge in [0.15, 0.2) is 0 Å². The van der Waals surface area contributed by atoms with E-state index in [1.807, 2.05) is 30.3 Å². The Balaban J connectivity index is 2.10. The summed E-state index contributed by atoms with van der Waals surface area (Å²) in [5.41, 5.74) is 0.924. The Kier molecular flexibility index (Phi) is 7.65. The summed E-state index contributed by atoms with van der Waals surface area (Å²) in [6.45, 7) is 1.07. The summed E-state index contributed by atoms with van der Waals surface area (Å²) in [5, 5.41) is 5.93. The molecule has 0 unspecified atom stereocenters. The minimum atomic E-state index is -0.517. The van der Waals surface area contributed by atoms with Gasteiger partial charge in [-0.25, -0.2) is 4.79 Å². The summed E-state index contributed by atoms with van der Waals surface area (Å²) in [5.74, 6) is -0.0946. The topological polar surface area (TPSA) is 67.4 Å². The van der Waals surface area contributed by atoms with Gasteiger partial charge in [-0.3, -0.25) is 4.79 Å². The fourth-order valence-electron chi connectivity index (χ4n) is 1.33. The molecule has 1 aromatic rings. The predicted molar refractivity (Wildman–Crippen MR) is 76.1 cm³/mol. The number of hydrogen-bond acceptors (Lipinski definition) is 3. The Morgan fingerprint density at radius 3 is 2.53 bits per heavy atom. The number of nitrogens with one attached hydrogen (secondary N) is 2. The molecule has 0 spiro atoms. The van der Waals surface area contributed by atoms with Crippen LogP contribution in [0.4, 0.5) is 4.79 Å². The quantitative estimate of drug-likeness (QED) is 0.750. The Labute approximate surface area is 120 Å². The summed E-state index contributed by atoms with van der Waals surface area (Å²) < 4.78 is 5.00. The molecule has 0 aromatic heterocycles. The molecule has 0 fully saturated rings. The van der Waals surface area contributed by atoms with Gasteiger partial charge in [0.1, 0.15) is 6.61 Å². The zero-order valence-corrected chi connectivity index (χ0v) is 12.1. The lowest BCUT2D eigenvalue weighted by atomic mass is 10.2. The van der Waals surface area contributed by atoms with E-state index in [1.165, 1.54) is 0 Å². The molecule has 2 amide bonds. The van der Waals surface area contributed by atoms with E-state index in [0.29, 0.717) is 11.9 Å². The first kappa shape index (κ1) is 15.5. The highest BCUT2D eigenvalue weighted by Crippen LogP contribution is 2.00. The second-order valence-electron chi connectivity index (χ2n) is 3.78. The van der Waals surface area contributed by atoms with Gasteiger partial charge < -0.3 is 15.4 Å². The van der Waals surface area contributed by atoms with Crippen molar-refractivity contribution in [2.75, 3.05) is 18.4 Å². The molecule has 0 saturated heterocycles. The SMILES string of the molecule is O=C(CCNC(=O)OCc1ccccc1)NCCBr. The van der Waals surface area contributed by atoms with Crippen LogP contribution < -0.4 is 10.6 Å². The molecule has 0 atom stereocenters. The lowest BCUT2D eigenvalue weighted by molar-refractivity contribution is -0.120. The summed E-state index contributed by atoms with van der Waals surface area (Å²) in [6, 6.07) is 9.41. The molecule has 5 nitrogen and oxygen atoms in total. The normalized spacial score (nSPS) is 9.74. The minimum Gasteiger partial charge on any atom is -0.445 e. The van der Waals surface area contributed by atoms with E-state index in [9.17, 15) is 9.59 Å². The molecule has 0 saturated carbocycles. The highest BCUT2D eigenvalue weighted by molar-refractivity contribution is 9.09. The molecule has 0 aliphatic heterocycles. The highest BCUT2D eigenvalue weighted by Gasteiger charge is 2.04. The van der Waals surface area contributed by atoms with Crippen LogP contribution in [0.15, 0.2) is 30.3 Å². The second kappa shape index (κ2) is 9.38. The summed E-state index contributed by atoms with van der Waals surface area (Å²) in [7, 11) is 0. The molecule has 0 bridgehead atoms. The van der Waals surface area contributed by atoms with E-state index in [2.05, 4.69) is 26.6 Å². The van der Waals surface area contributed by atoms with Crippen LogP contribution in [-0.2, 0) is 16.1 Å².